The molecule has 20 heavy (non-hydrogen) atoms. The Morgan fingerprint density at radius 1 is 1.30 bits per heavy atom. The van der Waals surface area contributed by atoms with E-state index < -0.39 is 5.97 Å². The lowest BCUT2D eigenvalue weighted by atomic mass is 10.1. The van der Waals surface area contributed by atoms with Crippen LogP contribution >= 0.6 is 15.9 Å². The van der Waals surface area contributed by atoms with Crippen LogP contribution < -0.4 is 4.90 Å². The van der Waals surface area contributed by atoms with Gasteiger partial charge in [-0.2, -0.15) is 0 Å². The first kappa shape index (κ1) is 14.5. The number of nitrogens with zero attached hydrogens (tertiary/aromatic N) is 1. The second kappa shape index (κ2) is 6.05. The van der Waals surface area contributed by atoms with Gasteiger partial charge in [0.05, 0.1) is 11.3 Å². The van der Waals surface area contributed by atoms with Crippen molar-refractivity contribution in [3.05, 3.63) is 58.3 Å². The van der Waals surface area contributed by atoms with Crippen LogP contribution in [0.5, 0.6) is 0 Å². The molecule has 0 amide bonds. The van der Waals surface area contributed by atoms with Crippen molar-refractivity contribution in [2.45, 2.75) is 6.92 Å². The summed E-state index contributed by atoms with van der Waals surface area (Å²) in [5.41, 5.74) is 1.33. The Hall–Kier alpha value is -1.88. The number of carboxylic acid groups (broad SMARTS) is 1. The monoisotopic (exact) mass is 337 g/mol. The molecule has 0 aromatic heterocycles. The Labute approximate surface area is 124 Å². The highest BCUT2D eigenvalue weighted by Crippen LogP contribution is 2.31. The number of rotatable bonds is 4. The molecule has 0 aliphatic rings. The molecule has 0 unspecified atom stereocenters. The fraction of sp³-hybridized carbons (Fsp3) is 0.133. The van der Waals surface area contributed by atoms with Gasteiger partial charge < -0.3 is 10.0 Å². The Balaban J connectivity index is 2.57. The zero-order valence-electron chi connectivity index (χ0n) is 10.8. The molecule has 0 heterocycles. The quantitative estimate of drug-likeness (QED) is 0.896. The average Bonchev–Trinajstić information content (AvgIpc) is 2.39. The number of hydrogen-bond donors (Lipinski definition) is 1. The van der Waals surface area contributed by atoms with Crippen LogP contribution in [-0.2, 0) is 0 Å². The summed E-state index contributed by atoms with van der Waals surface area (Å²) >= 11 is 3.34. The maximum absolute atomic E-state index is 13.4. The number of halogens is 2. The van der Waals surface area contributed by atoms with E-state index >= 15 is 0 Å². The lowest BCUT2D eigenvalue weighted by molar-refractivity contribution is 0.0697. The van der Waals surface area contributed by atoms with Gasteiger partial charge in [-0.25, -0.2) is 9.18 Å². The van der Waals surface area contributed by atoms with Gasteiger partial charge >= 0.3 is 5.97 Å². The number of aromatic carboxylic acids is 1. The van der Waals surface area contributed by atoms with Gasteiger partial charge in [0.15, 0.2) is 0 Å². The van der Waals surface area contributed by atoms with Gasteiger partial charge in [0, 0.05) is 16.7 Å². The van der Waals surface area contributed by atoms with E-state index in [1.54, 1.807) is 29.2 Å². The molecule has 0 aliphatic carbocycles. The normalized spacial score (nSPS) is 10.3. The number of hydrogen-bond acceptors (Lipinski definition) is 2. The molecule has 2 aromatic carbocycles. The van der Waals surface area contributed by atoms with E-state index in [0.717, 1.165) is 4.47 Å². The first-order chi connectivity index (χ1) is 9.52. The maximum atomic E-state index is 13.4. The van der Waals surface area contributed by atoms with Crippen LogP contribution in [0, 0.1) is 5.82 Å². The van der Waals surface area contributed by atoms with Crippen molar-refractivity contribution in [1.82, 2.24) is 0 Å². The van der Waals surface area contributed by atoms with Gasteiger partial charge in [-0.05, 0) is 43.3 Å². The van der Waals surface area contributed by atoms with E-state index in [0.29, 0.717) is 17.9 Å². The van der Waals surface area contributed by atoms with Crippen molar-refractivity contribution < 1.29 is 14.3 Å². The van der Waals surface area contributed by atoms with Gasteiger partial charge in [-0.3, -0.25) is 0 Å². The molecule has 1 N–H and O–H groups in total. The lowest BCUT2D eigenvalue weighted by Gasteiger charge is -2.25. The first-order valence-electron chi connectivity index (χ1n) is 6.09. The molecule has 0 aliphatic heterocycles. The van der Waals surface area contributed by atoms with Gasteiger partial charge in [-0.1, -0.05) is 22.0 Å². The fourth-order valence-corrected chi connectivity index (χ4v) is 2.39. The van der Waals surface area contributed by atoms with Gasteiger partial charge in [-0.15, -0.1) is 0 Å². The Kier molecular flexibility index (Phi) is 4.39. The molecule has 2 rings (SSSR count). The molecule has 104 valence electrons. The van der Waals surface area contributed by atoms with Crippen LogP contribution in [0.25, 0.3) is 0 Å². The molecule has 0 radical (unpaired) electrons. The van der Waals surface area contributed by atoms with Gasteiger partial charge in [0.25, 0.3) is 0 Å². The van der Waals surface area contributed by atoms with Crippen molar-refractivity contribution in [2.24, 2.45) is 0 Å². The molecule has 2 aromatic rings. The highest BCUT2D eigenvalue weighted by molar-refractivity contribution is 9.10. The summed E-state index contributed by atoms with van der Waals surface area (Å²) in [6, 6.07) is 11.0. The fourth-order valence-electron chi connectivity index (χ4n) is 2.04. The summed E-state index contributed by atoms with van der Waals surface area (Å²) in [6.07, 6.45) is 0. The zero-order chi connectivity index (χ0) is 14.7. The number of carboxylic acids is 1. The van der Waals surface area contributed by atoms with Crippen molar-refractivity contribution in [1.29, 1.82) is 0 Å². The Morgan fingerprint density at radius 2 is 2.05 bits per heavy atom. The van der Waals surface area contributed by atoms with Crippen LogP contribution in [-0.4, -0.2) is 17.6 Å². The zero-order valence-corrected chi connectivity index (χ0v) is 12.4. The molecule has 0 saturated heterocycles. The minimum atomic E-state index is -1.01. The summed E-state index contributed by atoms with van der Waals surface area (Å²) in [5.74, 6) is -1.37. The third-order valence-corrected chi connectivity index (χ3v) is 3.41. The van der Waals surface area contributed by atoms with Crippen molar-refractivity contribution in [3.8, 4) is 0 Å². The summed E-state index contributed by atoms with van der Waals surface area (Å²) in [6.45, 7) is 2.41. The predicted molar refractivity (Wildman–Crippen MR) is 80.2 cm³/mol. The summed E-state index contributed by atoms with van der Waals surface area (Å²) in [4.78, 5) is 13.1. The second-order valence-corrected chi connectivity index (χ2v) is 5.11. The molecular weight excluding hydrogens is 325 g/mol. The van der Waals surface area contributed by atoms with Crippen LogP contribution in [0.1, 0.15) is 17.3 Å². The molecule has 5 heteroatoms. The third kappa shape index (κ3) is 2.99. The molecule has 0 bridgehead atoms. The topological polar surface area (TPSA) is 40.5 Å². The first-order valence-corrected chi connectivity index (χ1v) is 6.88. The van der Waals surface area contributed by atoms with Crippen molar-refractivity contribution >= 4 is 33.3 Å². The molecular formula is C15H13BrFNO2. The molecule has 0 atom stereocenters. The molecule has 0 saturated carbocycles. The number of carbonyl (C=O) groups is 1. The maximum Gasteiger partial charge on any atom is 0.337 e. The lowest BCUT2D eigenvalue weighted by Crippen LogP contribution is -2.19. The summed E-state index contributed by atoms with van der Waals surface area (Å²) < 4.78 is 14.1. The van der Waals surface area contributed by atoms with Crippen LogP contribution in [0.15, 0.2) is 46.9 Å². The smallest absolute Gasteiger partial charge is 0.337 e. The van der Waals surface area contributed by atoms with E-state index in [-0.39, 0.29) is 11.4 Å². The third-order valence-electron chi connectivity index (χ3n) is 2.92. The molecule has 0 fully saturated rings. The predicted octanol–water partition coefficient (Wildman–Crippen LogP) is 4.44. The molecule has 0 spiro atoms. The Morgan fingerprint density at radius 3 is 2.65 bits per heavy atom. The number of benzene rings is 2. The summed E-state index contributed by atoms with van der Waals surface area (Å²) in [5, 5.41) is 9.29. The largest absolute Gasteiger partial charge is 0.478 e. The number of anilines is 2. The Bertz CT molecular complexity index is 646. The van der Waals surface area contributed by atoms with Crippen LogP contribution in [0.2, 0.25) is 0 Å². The SMILES string of the molecule is CCN(c1cccc(F)c1)c1cc(Br)ccc1C(=O)O. The minimum Gasteiger partial charge on any atom is -0.478 e. The van der Waals surface area contributed by atoms with E-state index in [2.05, 4.69) is 15.9 Å². The standard InChI is InChI=1S/C15H13BrFNO2/c1-2-18(12-5-3-4-11(17)9-12)14-8-10(16)6-7-13(14)15(19)20/h3-9H,2H2,1H3,(H,19,20). The van der Waals surface area contributed by atoms with E-state index in [4.69, 9.17) is 0 Å². The highest BCUT2D eigenvalue weighted by Gasteiger charge is 2.17. The van der Waals surface area contributed by atoms with Crippen molar-refractivity contribution in [2.75, 3.05) is 11.4 Å². The van der Waals surface area contributed by atoms with Crippen LogP contribution in [0.3, 0.4) is 0 Å². The van der Waals surface area contributed by atoms with E-state index in [9.17, 15) is 14.3 Å². The highest BCUT2D eigenvalue weighted by atomic mass is 79.9. The average molecular weight is 338 g/mol. The van der Waals surface area contributed by atoms with E-state index in [1.165, 1.54) is 18.2 Å². The minimum absolute atomic E-state index is 0.180. The molecule has 3 nitrogen and oxygen atoms in total. The van der Waals surface area contributed by atoms with E-state index in [1.807, 2.05) is 6.92 Å². The van der Waals surface area contributed by atoms with Crippen molar-refractivity contribution in [3.63, 3.8) is 0 Å². The second-order valence-electron chi connectivity index (χ2n) is 4.19. The van der Waals surface area contributed by atoms with Gasteiger partial charge in [0.1, 0.15) is 5.82 Å². The summed E-state index contributed by atoms with van der Waals surface area (Å²) in [7, 11) is 0. The van der Waals surface area contributed by atoms with Gasteiger partial charge in [0.2, 0.25) is 0 Å². The van der Waals surface area contributed by atoms with Crippen LogP contribution in [0.4, 0.5) is 15.8 Å².